The Bertz CT molecular complexity index is 628. The van der Waals surface area contributed by atoms with Gasteiger partial charge in [-0.25, -0.2) is 13.8 Å². The Labute approximate surface area is 123 Å². The van der Waals surface area contributed by atoms with Gasteiger partial charge in [-0.05, 0) is 29.8 Å². The van der Waals surface area contributed by atoms with Crippen LogP contribution in [0.2, 0.25) is 10.3 Å². The van der Waals surface area contributed by atoms with Gasteiger partial charge >= 0.3 is 0 Å². The van der Waals surface area contributed by atoms with Gasteiger partial charge in [-0.15, -0.1) is 0 Å². The van der Waals surface area contributed by atoms with Gasteiger partial charge in [-0.1, -0.05) is 11.6 Å². The highest BCUT2D eigenvalue weighted by atomic mass is 35.5. The smallest absolute Gasteiger partial charge is 0.224 e. The summed E-state index contributed by atoms with van der Waals surface area (Å²) >= 11 is 11.5. The van der Waals surface area contributed by atoms with Gasteiger partial charge in [0.25, 0.3) is 0 Å². The molecule has 8 heteroatoms. The molecule has 0 aliphatic rings. The van der Waals surface area contributed by atoms with Crippen LogP contribution < -0.4 is 5.32 Å². The van der Waals surface area contributed by atoms with Crippen LogP contribution in [-0.2, 0) is 0 Å². The topological polar surface area (TPSA) is 58.0 Å². The van der Waals surface area contributed by atoms with Crippen LogP contribution in [0.4, 0.5) is 14.6 Å². The van der Waals surface area contributed by atoms with E-state index in [1.807, 2.05) is 0 Å². The summed E-state index contributed by atoms with van der Waals surface area (Å²) in [5, 5.41) is 12.1. The number of nitrogens with one attached hydrogen (secondary N) is 1. The molecule has 106 valence electrons. The Morgan fingerprint density at radius 3 is 2.75 bits per heavy atom. The van der Waals surface area contributed by atoms with Gasteiger partial charge < -0.3 is 10.4 Å². The number of aromatic nitrogens is 2. The molecule has 4 nitrogen and oxygen atoms in total. The first-order chi connectivity index (χ1) is 9.51. The van der Waals surface area contributed by atoms with Crippen LogP contribution in [0.5, 0.6) is 0 Å². The third kappa shape index (κ3) is 3.33. The molecule has 0 aliphatic heterocycles. The summed E-state index contributed by atoms with van der Waals surface area (Å²) in [4.78, 5) is 7.48. The van der Waals surface area contributed by atoms with Gasteiger partial charge in [0.05, 0.1) is 18.8 Å². The van der Waals surface area contributed by atoms with Crippen molar-refractivity contribution in [2.45, 2.75) is 6.04 Å². The molecular weight excluding hydrogens is 311 g/mol. The molecule has 0 spiro atoms. The molecule has 0 fully saturated rings. The van der Waals surface area contributed by atoms with Crippen molar-refractivity contribution in [3.63, 3.8) is 0 Å². The first-order valence-corrected chi connectivity index (χ1v) is 6.27. The number of hydrogen-bond acceptors (Lipinski definition) is 4. The molecule has 1 atom stereocenters. The van der Waals surface area contributed by atoms with E-state index in [4.69, 9.17) is 23.2 Å². The normalized spacial score (nSPS) is 12.2. The minimum atomic E-state index is -0.922. The molecule has 2 aromatic rings. The second-order valence-electron chi connectivity index (χ2n) is 3.88. The van der Waals surface area contributed by atoms with E-state index in [0.717, 1.165) is 18.2 Å². The highest BCUT2D eigenvalue weighted by molar-refractivity contribution is 6.33. The molecule has 0 saturated carbocycles. The van der Waals surface area contributed by atoms with E-state index in [1.54, 1.807) is 0 Å². The van der Waals surface area contributed by atoms with Gasteiger partial charge in [0, 0.05) is 5.56 Å². The van der Waals surface area contributed by atoms with Crippen molar-refractivity contribution in [1.82, 2.24) is 9.97 Å². The van der Waals surface area contributed by atoms with E-state index in [1.165, 1.54) is 6.20 Å². The Balaban J connectivity index is 2.33. The number of halogens is 4. The highest BCUT2D eigenvalue weighted by Gasteiger charge is 2.18. The minimum absolute atomic E-state index is 0.0432. The van der Waals surface area contributed by atoms with E-state index in [9.17, 15) is 13.9 Å². The van der Waals surface area contributed by atoms with E-state index in [-0.39, 0.29) is 21.7 Å². The van der Waals surface area contributed by atoms with Crippen molar-refractivity contribution in [3.05, 3.63) is 51.9 Å². The first-order valence-electron chi connectivity index (χ1n) is 5.51. The predicted octanol–water partition coefficient (Wildman–Crippen LogP) is 3.21. The van der Waals surface area contributed by atoms with Crippen molar-refractivity contribution < 1.29 is 13.9 Å². The van der Waals surface area contributed by atoms with E-state index >= 15 is 0 Å². The Kier molecular flexibility index (Phi) is 4.69. The van der Waals surface area contributed by atoms with Crippen LogP contribution in [-0.4, -0.2) is 21.7 Å². The molecule has 1 aromatic carbocycles. The van der Waals surface area contributed by atoms with Crippen molar-refractivity contribution in [3.8, 4) is 0 Å². The SMILES string of the molecule is OC[C@@H](Nc1nc(Cl)ncc1Cl)c1cc(F)ccc1F. The summed E-state index contributed by atoms with van der Waals surface area (Å²) in [6, 6.07) is 2.03. The Morgan fingerprint density at radius 2 is 2.05 bits per heavy atom. The van der Waals surface area contributed by atoms with Gasteiger partial charge in [-0.3, -0.25) is 0 Å². The van der Waals surface area contributed by atoms with Crippen molar-refractivity contribution in [1.29, 1.82) is 0 Å². The quantitative estimate of drug-likeness (QED) is 0.850. The number of rotatable bonds is 4. The molecule has 2 rings (SSSR count). The van der Waals surface area contributed by atoms with Crippen molar-refractivity contribution >= 4 is 29.0 Å². The second kappa shape index (κ2) is 6.30. The number of aliphatic hydroxyl groups is 1. The van der Waals surface area contributed by atoms with Crippen LogP contribution in [0.25, 0.3) is 0 Å². The van der Waals surface area contributed by atoms with Crippen LogP contribution in [0.1, 0.15) is 11.6 Å². The molecular formula is C12H9Cl2F2N3O. The monoisotopic (exact) mass is 319 g/mol. The Hall–Kier alpha value is -1.50. The molecule has 1 heterocycles. The zero-order valence-electron chi connectivity index (χ0n) is 9.95. The van der Waals surface area contributed by atoms with Crippen molar-refractivity contribution in [2.24, 2.45) is 0 Å². The molecule has 1 aromatic heterocycles. The van der Waals surface area contributed by atoms with Crippen LogP contribution >= 0.6 is 23.2 Å². The van der Waals surface area contributed by atoms with E-state index < -0.39 is 24.3 Å². The molecule has 0 saturated heterocycles. The summed E-state index contributed by atoms with van der Waals surface area (Å²) in [5.74, 6) is -1.16. The number of hydrogen-bond donors (Lipinski definition) is 2. The highest BCUT2D eigenvalue weighted by Crippen LogP contribution is 2.26. The third-order valence-corrected chi connectivity index (χ3v) is 3.00. The third-order valence-electron chi connectivity index (χ3n) is 2.54. The second-order valence-corrected chi connectivity index (χ2v) is 4.63. The average Bonchev–Trinajstić information content (AvgIpc) is 2.42. The molecule has 2 N–H and O–H groups in total. The predicted molar refractivity (Wildman–Crippen MR) is 71.9 cm³/mol. The number of anilines is 1. The standard InChI is InChI=1S/C12H9Cl2F2N3O/c13-8-4-17-12(14)19-11(8)18-10(5-20)7-3-6(15)1-2-9(7)16/h1-4,10,20H,5H2,(H,17,18,19)/t10-/m1/s1. The largest absolute Gasteiger partial charge is 0.394 e. The lowest BCUT2D eigenvalue weighted by molar-refractivity contribution is 0.273. The van der Waals surface area contributed by atoms with Crippen LogP contribution in [0, 0.1) is 11.6 Å². The summed E-state index contributed by atoms with van der Waals surface area (Å²) in [6.45, 7) is -0.488. The number of aliphatic hydroxyl groups excluding tert-OH is 1. The molecule has 0 bridgehead atoms. The maximum atomic E-state index is 13.7. The molecule has 0 unspecified atom stereocenters. The summed E-state index contributed by atoms with van der Waals surface area (Å²) < 4.78 is 26.9. The van der Waals surface area contributed by atoms with E-state index in [2.05, 4.69) is 15.3 Å². The fraction of sp³-hybridized carbons (Fsp3) is 0.167. The number of nitrogens with zero attached hydrogens (tertiary/aromatic N) is 2. The van der Waals surface area contributed by atoms with Crippen LogP contribution in [0.15, 0.2) is 24.4 Å². The minimum Gasteiger partial charge on any atom is -0.394 e. The van der Waals surface area contributed by atoms with Gasteiger partial charge in [-0.2, -0.15) is 4.98 Å². The van der Waals surface area contributed by atoms with E-state index in [0.29, 0.717) is 0 Å². The maximum Gasteiger partial charge on any atom is 0.224 e. The summed E-state index contributed by atoms with van der Waals surface area (Å²) in [7, 11) is 0. The Morgan fingerprint density at radius 1 is 1.30 bits per heavy atom. The lowest BCUT2D eigenvalue weighted by Gasteiger charge is -2.18. The maximum absolute atomic E-state index is 13.7. The zero-order valence-corrected chi connectivity index (χ0v) is 11.5. The lowest BCUT2D eigenvalue weighted by atomic mass is 10.1. The summed E-state index contributed by atoms with van der Waals surface area (Å²) in [6.07, 6.45) is 1.26. The molecule has 20 heavy (non-hydrogen) atoms. The summed E-state index contributed by atoms with van der Waals surface area (Å²) in [5.41, 5.74) is -0.0432. The van der Waals surface area contributed by atoms with Crippen molar-refractivity contribution in [2.75, 3.05) is 11.9 Å². The zero-order chi connectivity index (χ0) is 14.7. The molecule has 0 aliphatic carbocycles. The van der Waals surface area contributed by atoms with Gasteiger partial charge in [0.1, 0.15) is 22.5 Å². The molecule has 0 radical (unpaired) electrons. The average molecular weight is 320 g/mol. The van der Waals surface area contributed by atoms with Crippen LogP contribution in [0.3, 0.4) is 0 Å². The fourth-order valence-electron chi connectivity index (χ4n) is 1.62. The fourth-order valence-corrected chi connectivity index (χ4v) is 1.89. The van der Waals surface area contributed by atoms with Gasteiger partial charge in [0.15, 0.2) is 0 Å². The first kappa shape index (κ1) is 14.9. The molecule has 0 amide bonds. The lowest BCUT2D eigenvalue weighted by Crippen LogP contribution is -2.17. The van der Waals surface area contributed by atoms with Gasteiger partial charge in [0.2, 0.25) is 5.28 Å². The number of benzene rings is 1.